The number of aromatic nitrogens is 5. The predicted octanol–water partition coefficient (Wildman–Crippen LogP) is 4.79. The number of likely N-dealkylation sites (tertiary alicyclic amines) is 1. The number of nitrogens with zero attached hydrogens (tertiary/aromatic N) is 6. The molecule has 0 spiro atoms. The first-order valence-corrected chi connectivity index (χ1v) is 18.1. The van der Waals surface area contributed by atoms with E-state index in [-0.39, 0.29) is 35.0 Å². The van der Waals surface area contributed by atoms with E-state index in [2.05, 4.69) is 59.3 Å². The van der Waals surface area contributed by atoms with Crippen molar-refractivity contribution in [2.45, 2.75) is 77.3 Å². The molecule has 3 N–H and O–H groups in total. The van der Waals surface area contributed by atoms with Crippen LogP contribution in [0.2, 0.25) is 0 Å². The molecule has 0 radical (unpaired) electrons. The summed E-state index contributed by atoms with van der Waals surface area (Å²) in [6, 6.07) is 16.0. The number of ether oxygens (including phenoxy) is 1. The average molecular weight is 720 g/mol. The number of piperidine rings is 2. The van der Waals surface area contributed by atoms with Crippen molar-refractivity contribution >= 4 is 28.9 Å². The first kappa shape index (κ1) is 35.8. The van der Waals surface area contributed by atoms with Gasteiger partial charge in [-0.2, -0.15) is 10.1 Å². The number of carbonyl (C=O) groups excluding carboxylic acids is 3. The number of benzene rings is 2. The molecule has 0 bridgehead atoms. The van der Waals surface area contributed by atoms with E-state index in [1.807, 2.05) is 64.2 Å². The number of fused-ring (bicyclic) bond motifs is 1. The third-order valence-electron chi connectivity index (χ3n) is 9.93. The molecule has 5 heterocycles. The Bertz CT molecular complexity index is 2110. The monoisotopic (exact) mass is 719 g/mol. The molecule has 14 heteroatoms. The predicted molar refractivity (Wildman–Crippen MR) is 197 cm³/mol. The number of rotatable bonds is 11. The normalized spacial score (nSPS) is 17.2. The number of hydrogen-bond donors (Lipinski definition) is 3. The fourth-order valence-electron chi connectivity index (χ4n) is 6.79. The molecular weight excluding hydrogens is 674 g/mol. The van der Waals surface area contributed by atoms with E-state index in [0.29, 0.717) is 37.8 Å². The zero-order chi connectivity index (χ0) is 37.1. The number of amides is 3. The molecule has 2 aliphatic rings. The Morgan fingerprint density at radius 1 is 1.06 bits per heavy atom. The first-order chi connectivity index (χ1) is 25.5. The Balaban J connectivity index is 0.889. The summed E-state index contributed by atoms with van der Waals surface area (Å²) in [5, 5.41) is 16.8. The highest BCUT2D eigenvalue weighted by Crippen LogP contribution is 2.30. The van der Waals surface area contributed by atoms with E-state index in [4.69, 9.17) is 9.26 Å². The van der Waals surface area contributed by atoms with Gasteiger partial charge in [0.2, 0.25) is 17.7 Å². The van der Waals surface area contributed by atoms with Gasteiger partial charge in [0.25, 0.3) is 11.7 Å². The van der Waals surface area contributed by atoms with E-state index >= 15 is 0 Å². The minimum Gasteiger partial charge on any atom is -0.491 e. The van der Waals surface area contributed by atoms with Gasteiger partial charge >= 0.3 is 0 Å². The Hall–Kier alpha value is -5.63. The average Bonchev–Trinajstić information content (AvgIpc) is 3.81. The van der Waals surface area contributed by atoms with Crippen molar-refractivity contribution in [2.24, 2.45) is 0 Å². The maximum absolute atomic E-state index is 12.7. The van der Waals surface area contributed by atoms with Gasteiger partial charge < -0.3 is 19.9 Å². The standard InChI is InChI=1S/C39H45N9O5/c1-24-19-27(5-6-28(24)21-40-37(51)35-45-38(53-46-35)39(2,3)4)34-32-20-30(22-48(32)42-23-41-34)52-18-17-47-15-13-26(14-16-47)25-7-9-29(10-8-25)43-31-11-12-33(49)44-36(31)50/h5-10,19-20,22-23,26,31,43H,11-18,21H2,1-4H3,(H,40,51)(H,44,49,50). The van der Waals surface area contributed by atoms with Gasteiger partial charge in [-0.15, -0.1) is 0 Å². The van der Waals surface area contributed by atoms with Gasteiger partial charge in [-0.1, -0.05) is 50.2 Å². The van der Waals surface area contributed by atoms with Crippen LogP contribution in [0.1, 0.15) is 85.6 Å². The lowest BCUT2D eigenvalue weighted by Crippen LogP contribution is -2.47. The van der Waals surface area contributed by atoms with Crippen molar-refractivity contribution < 1.29 is 23.6 Å². The van der Waals surface area contributed by atoms with Crippen LogP contribution in [0, 0.1) is 6.92 Å². The van der Waals surface area contributed by atoms with E-state index in [0.717, 1.165) is 71.8 Å². The minimum atomic E-state index is -0.388. The summed E-state index contributed by atoms with van der Waals surface area (Å²) in [6.07, 6.45) is 6.42. The minimum absolute atomic E-state index is 0.0191. The summed E-state index contributed by atoms with van der Waals surface area (Å²) in [6.45, 7) is 11.5. The SMILES string of the molecule is Cc1cc(-c2ncnn3cc(OCCN4CCC(c5ccc(NC6CCC(=O)NC6=O)cc5)CC4)cc23)ccc1CNC(=O)c1noc(C(C)(C)C)n1. The van der Waals surface area contributed by atoms with Crippen molar-refractivity contribution in [3.63, 3.8) is 0 Å². The second kappa shape index (κ2) is 15.2. The Labute approximate surface area is 307 Å². The maximum Gasteiger partial charge on any atom is 0.292 e. The molecule has 53 heavy (non-hydrogen) atoms. The number of imide groups is 1. The first-order valence-electron chi connectivity index (χ1n) is 18.1. The molecule has 5 aromatic rings. The van der Waals surface area contributed by atoms with Crippen molar-refractivity contribution in [2.75, 3.05) is 31.6 Å². The van der Waals surface area contributed by atoms with Gasteiger partial charge in [0.1, 0.15) is 24.7 Å². The third-order valence-corrected chi connectivity index (χ3v) is 9.93. The molecule has 276 valence electrons. The molecule has 1 unspecified atom stereocenters. The van der Waals surface area contributed by atoms with E-state index < -0.39 is 0 Å². The summed E-state index contributed by atoms with van der Waals surface area (Å²) in [4.78, 5) is 47.5. The molecule has 7 rings (SSSR count). The summed E-state index contributed by atoms with van der Waals surface area (Å²) in [7, 11) is 0. The molecular formula is C39H45N9O5. The van der Waals surface area contributed by atoms with Gasteiger partial charge in [0, 0.05) is 42.2 Å². The third kappa shape index (κ3) is 8.38. The Morgan fingerprint density at radius 2 is 1.85 bits per heavy atom. The van der Waals surface area contributed by atoms with Gasteiger partial charge in [-0.05, 0) is 80.1 Å². The highest BCUT2D eigenvalue weighted by molar-refractivity contribution is 6.01. The molecule has 3 amide bonds. The summed E-state index contributed by atoms with van der Waals surface area (Å²) in [5.41, 5.74) is 6.39. The zero-order valence-corrected chi connectivity index (χ0v) is 30.5. The highest BCUT2D eigenvalue weighted by Gasteiger charge is 2.27. The van der Waals surface area contributed by atoms with Crippen LogP contribution in [0.5, 0.6) is 5.75 Å². The lowest BCUT2D eigenvalue weighted by atomic mass is 9.89. The highest BCUT2D eigenvalue weighted by atomic mass is 16.5. The molecule has 0 aliphatic carbocycles. The van der Waals surface area contributed by atoms with Crippen LogP contribution >= 0.6 is 0 Å². The Kier molecular flexibility index (Phi) is 10.2. The summed E-state index contributed by atoms with van der Waals surface area (Å²) in [5.74, 6) is 0.797. The summed E-state index contributed by atoms with van der Waals surface area (Å²) < 4.78 is 13.2. The van der Waals surface area contributed by atoms with Crippen LogP contribution in [0.15, 0.2) is 65.6 Å². The molecule has 2 aromatic carbocycles. The van der Waals surface area contributed by atoms with Gasteiger partial charge in [-0.3, -0.25) is 24.6 Å². The van der Waals surface area contributed by atoms with Crippen molar-refractivity contribution in [3.05, 3.63) is 89.5 Å². The van der Waals surface area contributed by atoms with Gasteiger partial charge in [0.05, 0.1) is 17.4 Å². The largest absolute Gasteiger partial charge is 0.491 e. The lowest BCUT2D eigenvalue weighted by molar-refractivity contribution is -0.133. The number of carbonyl (C=O) groups is 3. The number of aryl methyl sites for hydroxylation is 1. The second-order valence-corrected chi connectivity index (χ2v) is 14.8. The topological polar surface area (TPSA) is 169 Å². The van der Waals surface area contributed by atoms with Crippen LogP contribution in [0.25, 0.3) is 16.8 Å². The molecule has 2 aliphatic heterocycles. The smallest absolute Gasteiger partial charge is 0.292 e. The summed E-state index contributed by atoms with van der Waals surface area (Å²) >= 11 is 0. The quantitative estimate of drug-likeness (QED) is 0.161. The van der Waals surface area contributed by atoms with Crippen LogP contribution in [0.4, 0.5) is 5.69 Å². The molecule has 14 nitrogen and oxygen atoms in total. The fourth-order valence-corrected chi connectivity index (χ4v) is 6.79. The van der Waals surface area contributed by atoms with Crippen molar-refractivity contribution in [1.82, 2.24) is 40.3 Å². The molecule has 2 saturated heterocycles. The van der Waals surface area contributed by atoms with Crippen LogP contribution in [-0.2, 0) is 21.5 Å². The maximum atomic E-state index is 12.7. The number of anilines is 1. The zero-order valence-electron chi connectivity index (χ0n) is 30.5. The van der Waals surface area contributed by atoms with Crippen molar-refractivity contribution in [3.8, 4) is 17.0 Å². The number of nitrogens with one attached hydrogen (secondary N) is 3. The van der Waals surface area contributed by atoms with Crippen LogP contribution in [0.3, 0.4) is 0 Å². The van der Waals surface area contributed by atoms with Gasteiger partial charge in [-0.25, -0.2) is 9.50 Å². The fraction of sp³-hybridized carbons (Fsp3) is 0.410. The van der Waals surface area contributed by atoms with E-state index in [1.165, 1.54) is 5.56 Å². The molecule has 3 aromatic heterocycles. The number of hydrogen-bond acceptors (Lipinski definition) is 11. The molecule has 1 atom stereocenters. The van der Waals surface area contributed by atoms with Crippen LogP contribution < -0.4 is 20.7 Å². The second-order valence-electron chi connectivity index (χ2n) is 14.8. The van der Waals surface area contributed by atoms with Crippen molar-refractivity contribution in [1.29, 1.82) is 0 Å². The van der Waals surface area contributed by atoms with Crippen LogP contribution in [-0.4, -0.2) is 79.6 Å². The molecule has 0 saturated carbocycles. The van der Waals surface area contributed by atoms with E-state index in [9.17, 15) is 14.4 Å². The Morgan fingerprint density at radius 3 is 2.57 bits per heavy atom. The van der Waals surface area contributed by atoms with Gasteiger partial charge in [0.15, 0.2) is 0 Å². The molecule has 2 fully saturated rings. The van der Waals surface area contributed by atoms with E-state index in [1.54, 1.807) is 10.8 Å². The lowest BCUT2D eigenvalue weighted by Gasteiger charge is -2.32.